The van der Waals surface area contributed by atoms with Crippen LogP contribution < -0.4 is 18.9 Å². The van der Waals surface area contributed by atoms with E-state index >= 15 is 0 Å². The van der Waals surface area contributed by atoms with Gasteiger partial charge >= 0.3 is 17.9 Å². The smallest absolute Gasteiger partial charge is 0.344 e. The molecule has 0 atom stereocenters. The monoisotopic (exact) mass is 1460 g/mol. The lowest BCUT2D eigenvalue weighted by atomic mass is 9.96. The van der Waals surface area contributed by atoms with Gasteiger partial charge in [0.2, 0.25) is 0 Å². The van der Waals surface area contributed by atoms with Gasteiger partial charge in [0, 0.05) is 99.1 Å². The number of likely N-dealkylation sites (tertiary alicyclic amines) is 1. The van der Waals surface area contributed by atoms with Crippen molar-refractivity contribution in [2.45, 2.75) is 24.2 Å². The molecule has 16 rings (SSSR count). The Morgan fingerprint density at radius 1 is 0.361 bits per heavy atom. The molecule has 0 bridgehead atoms. The fraction of sp³-hybridized carbons (Fsp3) is 0.163. The molecule has 538 valence electrons. The van der Waals surface area contributed by atoms with E-state index in [-0.39, 0.29) is 55.2 Å². The van der Waals surface area contributed by atoms with Crippen molar-refractivity contribution < 1.29 is 66.8 Å². The zero-order chi connectivity index (χ0) is 74.5. The van der Waals surface area contributed by atoms with Gasteiger partial charge in [-0.3, -0.25) is 43.5 Å². The Kier molecular flexibility index (Phi) is 22.3. The second-order valence-electron chi connectivity index (χ2n) is 25.6. The Hall–Kier alpha value is -12.9. The summed E-state index contributed by atoms with van der Waals surface area (Å²) in [6, 6.07) is 66.9. The van der Waals surface area contributed by atoms with E-state index in [1.807, 2.05) is 182 Å². The van der Waals surface area contributed by atoms with E-state index < -0.39 is 17.9 Å². The number of ether oxygens (including phenoxy) is 5. The number of carbonyl (C=O) groups is 9. The van der Waals surface area contributed by atoms with Crippen LogP contribution in [0.2, 0.25) is 0 Å². The number of fused-ring (bicyclic) bond motifs is 6. The van der Waals surface area contributed by atoms with Crippen LogP contribution in [0, 0.1) is 5.92 Å². The van der Waals surface area contributed by atoms with Crippen molar-refractivity contribution in [3.63, 3.8) is 0 Å². The molecular weight excluding hydrogens is 1390 g/mol. The second kappa shape index (κ2) is 33.5. The van der Waals surface area contributed by atoms with Gasteiger partial charge < -0.3 is 28.6 Å². The highest BCUT2D eigenvalue weighted by Crippen LogP contribution is 2.33. The number of rotatable bonds is 22. The summed E-state index contributed by atoms with van der Waals surface area (Å²) in [7, 11) is 0. The van der Waals surface area contributed by atoms with Gasteiger partial charge in [0.1, 0.15) is 29.6 Å². The number of benzene rings is 9. The highest BCUT2D eigenvalue weighted by molar-refractivity contribution is 7.99. The van der Waals surface area contributed by atoms with Crippen LogP contribution >= 0.6 is 11.8 Å². The number of imide groups is 3. The lowest BCUT2D eigenvalue weighted by Gasteiger charge is -2.33. The van der Waals surface area contributed by atoms with Gasteiger partial charge in [0.25, 0.3) is 35.4 Å². The number of nitrogens with zero attached hydrogens (tertiary/aromatic N) is 7. The van der Waals surface area contributed by atoms with Crippen LogP contribution in [0.25, 0.3) is 65.4 Å². The quantitative estimate of drug-likeness (QED) is 0.0153. The van der Waals surface area contributed by atoms with E-state index in [0.29, 0.717) is 71.1 Å². The molecule has 21 nitrogen and oxygen atoms in total. The molecule has 3 aromatic heterocycles. The highest BCUT2D eigenvalue weighted by atomic mass is 32.2. The minimum Gasteiger partial charge on any atom is -0.491 e. The number of para-hydroxylation sites is 6. The minimum atomic E-state index is -0.461. The van der Waals surface area contributed by atoms with Crippen LogP contribution in [0.4, 0.5) is 0 Å². The Balaban J connectivity index is 0.000000136. The fourth-order valence-electron chi connectivity index (χ4n) is 13.2. The molecular formula is C86H69N7O14S. The molecule has 0 aliphatic carbocycles. The molecule has 0 spiro atoms. The molecule has 0 radical (unpaired) electrons. The van der Waals surface area contributed by atoms with Gasteiger partial charge in [-0.15, -0.1) is 11.8 Å². The minimum absolute atomic E-state index is 0.195. The first-order chi connectivity index (χ1) is 52.7. The zero-order valence-electron chi connectivity index (χ0n) is 58.3. The molecule has 0 saturated carbocycles. The van der Waals surface area contributed by atoms with Gasteiger partial charge in [-0.2, -0.15) is 0 Å². The van der Waals surface area contributed by atoms with E-state index in [1.54, 1.807) is 36.4 Å². The third-order valence-corrected chi connectivity index (χ3v) is 19.7. The lowest BCUT2D eigenvalue weighted by Crippen LogP contribution is -2.41. The summed E-state index contributed by atoms with van der Waals surface area (Å²) < 4.78 is 28.3. The molecule has 0 unspecified atom stereocenters. The number of carbonyl (C=O) groups excluding carboxylic acids is 9. The largest absolute Gasteiger partial charge is 0.491 e. The maximum atomic E-state index is 13.3. The summed E-state index contributed by atoms with van der Waals surface area (Å²) in [6.45, 7) is 4.72. The average Bonchev–Trinajstić information content (AvgIpc) is 0.832. The first kappa shape index (κ1) is 72.1. The fourth-order valence-corrected chi connectivity index (χ4v) is 14.0. The van der Waals surface area contributed by atoms with Crippen LogP contribution in [-0.4, -0.2) is 153 Å². The van der Waals surface area contributed by atoms with Crippen LogP contribution in [0.15, 0.2) is 260 Å². The summed E-state index contributed by atoms with van der Waals surface area (Å²) in [4.78, 5) is 131. The zero-order valence-corrected chi connectivity index (χ0v) is 59.1. The summed E-state index contributed by atoms with van der Waals surface area (Å²) in [5, 5.41) is 4.50. The standard InChI is InChI=1S/C32H29N3O4.C28H22N2O6.C26H18N2O4S/c36-29-13-14-30(37)35(29)21-23-16-19-34(20-17-23)18-15-22-9-11-24(12-10-22)39-32(38)31-25-5-1-3-7-27(25)33-28-8-4-2-6-26(28)31;31-25-13-14-26(32)30(25)15-16-34-17-18-35-19-9-11-20(12-10-19)36-28(33)27-21-5-1-3-7-23(21)29-24-8-4-2-6-22(24)27;29-23-13-14-24(30)28(23)15-16-33-18-11-9-17(10-12-18)32-26(31)25-19-5-1-3-7-21(19)27-22-8-4-2-6-20(22)25/h1-14,23H,15-21H2;1-14H,15-18H2;1-14H,15-16H2. The highest BCUT2D eigenvalue weighted by Gasteiger charge is 2.30. The van der Waals surface area contributed by atoms with Gasteiger partial charge in [0.15, 0.2) is 0 Å². The van der Waals surface area contributed by atoms with Crippen LogP contribution in [0.1, 0.15) is 49.5 Å². The number of esters is 3. The van der Waals surface area contributed by atoms with Gasteiger partial charge in [-0.1, -0.05) is 121 Å². The molecule has 1 fully saturated rings. The predicted molar refractivity (Wildman–Crippen MR) is 409 cm³/mol. The third kappa shape index (κ3) is 16.9. The Morgan fingerprint density at radius 3 is 1.08 bits per heavy atom. The van der Waals surface area contributed by atoms with Gasteiger partial charge in [-0.05, 0) is 141 Å². The van der Waals surface area contributed by atoms with E-state index in [2.05, 4.69) is 19.9 Å². The number of aromatic nitrogens is 3. The maximum absolute atomic E-state index is 13.3. The molecule has 108 heavy (non-hydrogen) atoms. The van der Waals surface area contributed by atoms with Crippen molar-refractivity contribution in [1.29, 1.82) is 0 Å². The molecule has 12 aromatic rings. The number of thioether (sulfide) groups is 1. The van der Waals surface area contributed by atoms with Crippen molar-refractivity contribution in [2.75, 3.05) is 64.8 Å². The SMILES string of the molecule is O=C(Oc1ccc(CCN2CCC(CN3C(=O)C=CC3=O)CC2)cc1)c1c2ccccc2nc2ccccc12.O=C(Oc1ccc(OCCOCCN2C(=O)C=CC2=O)cc1)c1c2ccccc2nc2ccccc12.O=C(Oc1ccc(SCCN2C(=O)C=CC2=O)cc1)c1c2ccccc2nc2ccccc12. The van der Waals surface area contributed by atoms with Crippen LogP contribution in [0.3, 0.4) is 0 Å². The number of hydrogen-bond donors (Lipinski definition) is 0. The number of piperidine rings is 1. The van der Waals surface area contributed by atoms with E-state index in [9.17, 15) is 43.2 Å². The van der Waals surface area contributed by atoms with Crippen molar-refractivity contribution >= 4 is 131 Å². The number of pyridine rings is 3. The van der Waals surface area contributed by atoms with E-state index in [4.69, 9.17) is 23.7 Å². The third-order valence-electron chi connectivity index (χ3n) is 18.7. The lowest BCUT2D eigenvalue weighted by molar-refractivity contribution is -0.139. The molecule has 4 aliphatic rings. The van der Waals surface area contributed by atoms with Crippen molar-refractivity contribution in [3.05, 3.63) is 277 Å². The normalized spacial score (nSPS) is 14.4. The maximum Gasteiger partial charge on any atom is 0.344 e. The summed E-state index contributed by atoms with van der Waals surface area (Å²) in [6.07, 6.45) is 10.6. The molecule has 9 aromatic carbocycles. The van der Waals surface area contributed by atoms with Crippen molar-refractivity contribution in [2.24, 2.45) is 5.92 Å². The molecule has 7 heterocycles. The van der Waals surface area contributed by atoms with Gasteiger partial charge in [-0.25, -0.2) is 29.3 Å². The van der Waals surface area contributed by atoms with Crippen LogP contribution in [-0.2, 0) is 39.9 Å². The van der Waals surface area contributed by atoms with Crippen LogP contribution in [0.5, 0.6) is 23.0 Å². The summed E-state index contributed by atoms with van der Waals surface area (Å²) in [5.41, 5.74) is 7.11. The first-order valence-electron chi connectivity index (χ1n) is 35.2. The first-order valence-corrected chi connectivity index (χ1v) is 36.2. The molecule has 0 N–H and O–H groups in total. The summed E-state index contributed by atoms with van der Waals surface area (Å²) in [5.74, 6) is -0.0410. The Labute approximate surface area is 623 Å². The topological polar surface area (TPSA) is 251 Å². The number of hydrogen-bond acceptors (Lipinski definition) is 19. The molecule has 6 amide bonds. The Morgan fingerprint density at radius 2 is 0.694 bits per heavy atom. The molecule has 4 aliphatic heterocycles. The Bertz CT molecular complexity index is 5370. The van der Waals surface area contributed by atoms with Crippen molar-refractivity contribution in [3.8, 4) is 23.0 Å². The molecule has 22 heteroatoms. The molecule has 1 saturated heterocycles. The van der Waals surface area contributed by atoms with Gasteiger partial charge in [0.05, 0.1) is 69.5 Å². The second-order valence-corrected chi connectivity index (χ2v) is 26.8. The van der Waals surface area contributed by atoms with E-state index in [1.165, 1.54) is 63.6 Å². The van der Waals surface area contributed by atoms with E-state index in [0.717, 1.165) is 114 Å². The van der Waals surface area contributed by atoms with Crippen molar-refractivity contribution in [1.82, 2.24) is 34.6 Å². The number of amides is 6. The predicted octanol–water partition coefficient (Wildman–Crippen LogP) is 13.3. The average molecular weight is 1460 g/mol. The summed E-state index contributed by atoms with van der Waals surface area (Å²) >= 11 is 1.52.